The summed E-state index contributed by atoms with van der Waals surface area (Å²) >= 11 is 5.87. The summed E-state index contributed by atoms with van der Waals surface area (Å²) in [4.78, 5) is -0.138. The maximum Gasteiger partial charge on any atom is 0.244 e. The van der Waals surface area contributed by atoms with Crippen LogP contribution in [0.2, 0.25) is 5.02 Å². The van der Waals surface area contributed by atoms with Gasteiger partial charge in [0.2, 0.25) is 10.0 Å². The number of hydrogen-bond donors (Lipinski definition) is 1. The van der Waals surface area contributed by atoms with Crippen LogP contribution >= 0.6 is 11.6 Å². The van der Waals surface area contributed by atoms with E-state index in [4.69, 9.17) is 17.3 Å². The van der Waals surface area contributed by atoms with E-state index in [0.29, 0.717) is 12.5 Å². The fourth-order valence-electron chi connectivity index (χ4n) is 2.74. The van der Waals surface area contributed by atoms with E-state index in [1.165, 1.54) is 17.8 Å². The average Bonchev–Trinajstić information content (AvgIpc) is 2.43. The number of rotatable bonds is 4. The summed E-state index contributed by atoms with van der Waals surface area (Å²) in [6.45, 7) is 0.454. The summed E-state index contributed by atoms with van der Waals surface area (Å²) in [6.07, 6.45) is 5.58. The van der Waals surface area contributed by atoms with E-state index in [-0.39, 0.29) is 15.6 Å². The van der Waals surface area contributed by atoms with Gasteiger partial charge < -0.3 is 5.73 Å². The zero-order valence-electron chi connectivity index (χ0n) is 12.0. The Labute approximate surface area is 130 Å². The van der Waals surface area contributed by atoms with Crippen LogP contribution in [0, 0.1) is 11.7 Å². The standard InChI is InChI=1S/C14H20ClFN2O2S/c1-18(9-10-5-3-2-4-6-10)21(19,20)14-8-13(17)12(16)7-11(14)15/h7-8,10H,2-6,9,17H2,1H3. The number of sulfonamides is 1. The lowest BCUT2D eigenvalue weighted by molar-refractivity contribution is 0.300. The van der Waals surface area contributed by atoms with Crippen molar-refractivity contribution < 1.29 is 12.8 Å². The van der Waals surface area contributed by atoms with Crippen LogP contribution in [0.25, 0.3) is 0 Å². The van der Waals surface area contributed by atoms with Gasteiger partial charge in [-0.2, -0.15) is 0 Å². The second kappa shape index (κ2) is 6.50. The van der Waals surface area contributed by atoms with Crippen molar-refractivity contribution >= 4 is 27.3 Å². The molecule has 1 saturated carbocycles. The van der Waals surface area contributed by atoms with Crippen molar-refractivity contribution in [2.45, 2.75) is 37.0 Å². The van der Waals surface area contributed by atoms with Crippen LogP contribution in [0.15, 0.2) is 17.0 Å². The van der Waals surface area contributed by atoms with Gasteiger partial charge in [-0.1, -0.05) is 30.9 Å². The Balaban J connectivity index is 2.22. The van der Waals surface area contributed by atoms with Crippen LogP contribution in [-0.2, 0) is 10.0 Å². The molecule has 0 aromatic heterocycles. The molecule has 7 heteroatoms. The van der Waals surface area contributed by atoms with E-state index >= 15 is 0 Å². The highest BCUT2D eigenvalue weighted by atomic mass is 35.5. The minimum Gasteiger partial charge on any atom is -0.396 e. The molecular weight excluding hydrogens is 315 g/mol. The molecule has 21 heavy (non-hydrogen) atoms. The molecule has 0 amide bonds. The summed E-state index contributed by atoms with van der Waals surface area (Å²) in [5.41, 5.74) is 5.24. The fourth-order valence-corrected chi connectivity index (χ4v) is 4.51. The normalized spacial score (nSPS) is 17.3. The minimum absolute atomic E-state index is 0.138. The predicted octanol–water partition coefficient (Wildman–Crippen LogP) is 3.26. The fraction of sp³-hybridized carbons (Fsp3) is 0.571. The van der Waals surface area contributed by atoms with Gasteiger partial charge in [0.1, 0.15) is 10.7 Å². The van der Waals surface area contributed by atoms with Gasteiger partial charge in [-0.25, -0.2) is 17.1 Å². The van der Waals surface area contributed by atoms with E-state index in [2.05, 4.69) is 0 Å². The summed E-state index contributed by atoms with van der Waals surface area (Å²) in [6, 6.07) is 2.03. The minimum atomic E-state index is -3.75. The van der Waals surface area contributed by atoms with Crippen molar-refractivity contribution in [2.24, 2.45) is 5.92 Å². The monoisotopic (exact) mass is 334 g/mol. The Morgan fingerprint density at radius 1 is 1.33 bits per heavy atom. The molecule has 0 unspecified atom stereocenters. The number of anilines is 1. The molecule has 0 radical (unpaired) electrons. The first-order valence-electron chi connectivity index (χ1n) is 7.03. The van der Waals surface area contributed by atoms with Crippen LogP contribution in [0.1, 0.15) is 32.1 Å². The smallest absolute Gasteiger partial charge is 0.244 e. The topological polar surface area (TPSA) is 63.4 Å². The first-order chi connectivity index (χ1) is 9.82. The predicted molar refractivity (Wildman–Crippen MR) is 82.2 cm³/mol. The molecule has 1 aliphatic rings. The molecule has 0 saturated heterocycles. The molecule has 0 atom stereocenters. The average molecular weight is 335 g/mol. The van der Waals surface area contributed by atoms with Crippen molar-refractivity contribution in [3.63, 3.8) is 0 Å². The van der Waals surface area contributed by atoms with E-state index in [9.17, 15) is 12.8 Å². The van der Waals surface area contributed by atoms with Crippen LogP contribution in [0.4, 0.5) is 10.1 Å². The summed E-state index contributed by atoms with van der Waals surface area (Å²) in [7, 11) is -2.23. The van der Waals surface area contributed by atoms with Crippen LogP contribution in [0.3, 0.4) is 0 Å². The second-order valence-electron chi connectivity index (χ2n) is 5.59. The lowest BCUT2D eigenvalue weighted by Crippen LogP contribution is -2.33. The molecule has 4 nitrogen and oxygen atoms in total. The molecule has 1 fully saturated rings. The zero-order valence-corrected chi connectivity index (χ0v) is 13.6. The Hall–Kier alpha value is -0.850. The van der Waals surface area contributed by atoms with Gasteiger partial charge in [0.15, 0.2) is 0 Å². The number of nitrogens with zero attached hydrogens (tertiary/aromatic N) is 1. The van der Waals surface area contributed by atoms with E-state index < -0.39 is 15.8 Å². The third-order valence-electron chi connectivity index (χ3n) is 3.98. The van der Waals surface area contributed by atoms with Crippen molar-refractivity contribution in [3.8, 4) is 0 Å². The quantitative estimate of drug-likeness (QED) is 0.859. The Kier molecular flexibility index (Phi) is 5.11. The van der Waals surface area contributed by atoms with Gasteiger partial charge in [0, 0.05) is 13.6 Å². The van der Waals surface area contributed by atoms with Crippen molar-refractivity contribution in [2.75, 3.05) is 19.3 Å². The van der Waals surface area contributed by atoms with Gasteiger partial charge >= 0.3 is 0 Å². The molecule has 2 rings (SSSR count). The van der Waals surface area contributed by atoms with Gasteiger partial charge in [0.05, 0.1) is 10.7 Å². The molecule has 118 valence electrons. The molecule has 0 aliphatic heterocycles. The van der Waals surface area contributed by atoms with Crippen LogP contribution < -0.4 is 5.73 Å². The number of benzene rings is 1. The molecule has 0 spiro atoms. The first-order valence-corrected chi connectivity index (χ1v) is 8.85. The SMILES string of the molecule is CN(CC1CCCCC1)S(=O)(=O)c1cc(N)c(F)cc1Cl. The van der Waals surface area contributed by atoms with E-state index in [1.54, 1.807) is 0 Å². The van der Waals surface area contributed by atoms with Crippen LogP contribution in [-0.4, -0.2) is 26.3 Å². The van der Waals surface area contributed by atoms with E-state index in [0.717, 1.165) is 37.8 Å². The molecule has 2 N–H and O–H groups in total. The number of nitrogens with two attached hydrogens (primary N) is 1. The van der Waals surface area contributed by atoms with Gasteiger partial charge in [-0.3, -0.25) is 0 Å². The lowest BCUT2D eigenvalue weighted by atomic mass is 9.89. The first kappa shape index (κ1) is 16.5. The van der Waals surface area contributed by atoms with Crippen molar-refractivity contribution in [1.82, 2.24) is 4.31 Å². The summed E-state index contributed by atoms with van der Waals surface area (Å²) in [5.74, 6) is -0.344. The second-order valence-corrected chi connectivity index (χ2v) is 8.01. The molecule has 1 aromatic carbocycles. The Morgan fingerprint density at radius 2 is 1.95 bits per heavy atom. The number of hydrogen-bond acceptors (Lipinski definition) is 3. The maximum atomic E-state index is 13.3. The third kappa shape index (κ3) is 3.67. The molecule has 1 aliphatic carbocycles. The third-order valence-corrected chi connectivity index (χ3v) is 6.27. The van der Waals surface area contributed by atoms with Crippen LogP contribution in [0.5, 0.6) is 0 Å². The Morgan fingerprint density at radius 3 is 2.57 bits per heavy atom. The lowest BCUT2D eigenvalue weighted by Gasteiger charge is -2.27. The number of nitrogen functional groups attached to an aromatic ring is 1. The van der Waals surface area contributed by atoms with E-state index in [1.807, 2.05) is 0 Å². The maximum absolute atomic E-state index is 13.3. The zero-order chi connectivity index (χ0) is 15.6. The van der Waals surface area contributed by atoms with Crippen molar-refractivity contribution in [3.05, 3.63) is 23.0 Å². The van der Waals surface area contributed by atoms with Crippen molar-refractivity contribution in [1.29, 1.82) is 0 Å². The van der Waals surface area contributed by atoms with Gasteiger partial charge in [-0.15, -0.1) is 0 Å². The largest absolute Gasteiger partial charge is 0.396 e. The number of halogens is 2. The summed E-state index contributed by atoms with van der Waals surface area (Å²) < 4.78 is 39.7. The highest BCUT2D eigenvalue weighted by Gasteiger charge is 2.27. The van der Waals surface area contributed by atoms with Gasteiger partial charge in [-0.05, 0) is 30.9 Å². The van der Waals surface area contributed by atoms with Gasteiger partial charge in [0.25, 0.3) is 0 Å². The molecule has 0 bridgehead atoms. The highest BCUT2D eigenvalue weighted by molar-refractivity contribution is 7.89. The molecule has 0 heterocycles. The Bertz CT molecular complexity index is 616. The molecule has 1 aromatic rings. The summed E-state index contributed by atoms with van der Waals surface area (Å²) in [5, 5.41) is -0.141. The highest BCUT2D eigenvalue weighted by Crippen LogP contribution is 2.30. The molecular formula is C14H20ClFN2O2S.